The highest BCUT2D eigenvalue weighted by atomic mass is 35.5. The molecule has 1 aromatic carbocycles. The Labute approximate surface area is 138 Å². The van der Waals surface area contributed by atoms with Gasteiger partial charge in [-0.3, -0.25) is 0 Å². The van der Waals surface area contributed by atoms with Crippen LogP contribution in [0.4, 0.5) is 5.69 Å². The third kappa shape index (κ3) is 7.24. The fourth-order valence-corrected chi connectivity index (χ4v) is 2.05. The fourth-order valence-electron chi connectivity index (χ4n) is 1.58. The molecule has 0 amide bonds. The predicted molar refractivity (Wildman–Crippen MR) is 94.3 cm³/mol. The van der Waals surface area contributed by atoms with Crippen molar-refractivity contribution in [3.8, 4) is 5.75 Å². The molecular weight excluding hydrogens is 317 g/mol. The number of benzene rings is 1. The maximum absolute atomic E-state index is 5.79. The molecule has 1 rings (SSSR count). The van der Waals surface area contributed by atoms with Gasteiger partial charge in [0.1, 0.15) is 5.75 Å². The average molecular weight is 340 g/mol. The van der Waals surface area contributed by atoms with E-state index < -0.39 is 0 Å². The van der Waals surface area contributed by atoms with E-state index in [0.717, 1.165) is 29.3 Å². The van der Waals surface area contributed by atoms with Crippen molar-refractivity contribution in [3.63, 3.8) is 0 Å². The van der Waals surface area contributed by atoms with Gasteiger partial charge in [0.15, 0.2) is 5.17 Å². The van der Waals surface area contributed by atoms with Crippen molar-refractivity contribution in [1.29, 1.82) is 0 Å². The minimum atomic E-state index is 0. The van der Waals surface area contributed by atoms with Crippen molar-refractivity contribution in [2.24, 2.45) is 10.7 Å². The van der Waals surface area contributed by atoms with Gasteiger partial charge in [-0.1, -0.05) is 24.8 Å². The van der Waals surface area contributed by atoms with Gasteiger partial charge in [-0.25, -0.2) is 4.99 Å². The van der Waals surface area contributed by atoms with Crippen LogP contribution in [0.25, 0.3) is 0 Å². The van der Waals surface area contributed by atoms with Crippen LogP contribution in [0.5, 0.6) is 5.75 Å². The molecular formula is C13H23Cl2N3OS. The maximum Gasteiger partial charge on any atom is 0.159 e. The molecule has 0 fully saturated rings. The summed E-state index contributed by atoms with van der Waals surface area (Å²) in [5.74, 6) is 1.77. The molecule has 0 aliphatic rings. The molecule has 0 aliphatic heterocycles. The summed E-state index contributed by atoms with van der Waals surface area (Å²) in [5.41, 5.74) is 7.76. The van der Waals surface area contributed by atoms with E-state index in [1.165, 1.54) is 11.8 Å². The molecule has 2 N–H and O–H groups in total. The predicted octanol–water partition coefficient (Wildman–Crippen LogP) is 3.30. The quantitative estimate of drug-likeness (QED) is 0.660. The van der Waals surface area contributed by atoms with Crippen LogP contribution in [0.15, 0.2) is 23.2 Å². The second-order valence-electron chi connectivity index (χ2n) is 4.12. The minimum Gasteiger partial charge on any atom is -0.496 e. The lowest BCUT2D eigenvalue weighted by atomic mass is 10.1. The third-order valence-corrected chi connectivity index (χ3v) is 2.96. The van der Waals surface area contributed by atoms with Crippen LogP contribution >= 0.6 is 36.6 Å². The number of ether oxygens (including phenoxy) is 1. The van der Waals surface area contributed by atoms with Gasteiger partial charge < -0.3 is 15.4 Å². The number of halogens is 2. The molecule has 0 aromatic heterocycles. The summed E-state index contributed by atoms with van der Waals surface area (Å²) in [7, 11) is 5.73. The lowest BCUT2D eigenvalue weighted by Crippen LogP contribution is -2.11. The number of thioether (sulfide) groups is 1. The Morgan fingerprint density at radius 1 is 1.35 bits per heavy atom. The first-order chi connectivity index (χ1) is 8.56. The van der Waals surface area contributed by atoms with E-state index in [0.29, 0.717) is 5.17 Å². The summed E-state index contributed by atoms with van der Waals surface area (Å²) >= 11 is 1.53. The third-order valence-electron chi connectivity index (χ3n) is 2.29. The smallest absolute Gasteiger partial charge is 0.159 e. The zero-order valence-corrected chi connectivity index (χ0v) is 14.7. The lowest BCUT2D eigenvalue weighted by molar-refractivity contribution is 0.372. The van der Waals surface area contributed by atoms with Gasteiger partial charge in [-0.05, 0) is 25.9 Å². The van der Waals surface area contributed by atoms with Crippen LogP contribution in [0.3, 0.4) is 0 Å². The van der Waals surface area contributed by atoms with Crippen LogP contribution < -0.4 is 10.5 Å². The van der Waals surface area contributed by atoms with Gasteiger partial charge in [0.25, 0.3) is 0 Å². The molecule has 4 nitrogen and oxygen atoms in total. The number of amidine groups is 1. The summed E-state index contributed by atoms with van der Waals surface area (Å²) in [6, 6.07) is 5.91. The fraction of sp³-hybridized carbons (Fsp3) is 0.462. The van der Waals surface area contributed by atoms with Crippen LogP contribution in [0.1, 0.15) is 12.5 Å². The monoisotopic (exact) mass is 339 g/mol. The van der Waals surface area contributed by atoms with E-state index in [4.69, 9.17) is 10.5 Å². The Kier molecular flexibility index (Phi) is 12.0. The highest BCUT2D eigenvalue weighted by Gasteiger charge is 2.05. The van der Waals surface area contributed by atoms with Gasteiger partial charge in [-0.2, -0.15) is 0 Å². The van der Waals surface area contributed by atoms with Gasteiger partial charge in [-0.15, -0.1) is 24.8 Å². The first-order valence-electron chi connectivity index (χ1n) is 5.85. The average Bonchev–Trinajstić information content (AvgIpc) is 2.30. The Bertz CT molecular complexity index is 428. The molecule has 0 unspecified atom stereocenters. The number of hydrogen-bond donors (Lipinski definition) is 1. The minimum absolute atomic E-state index is 0. The molecule has 0 bridgehead atoms. The Hall–Kier alpha value is -0.620. The molecule has 0 aliphatic carbocycles. The number of hydrogen-bond acceptors (Lipinski definition) is 4. The summed E-state index contributed by atoms with van der Waals surface area (Å²) in [5, 5.41) is 0.583. The van der Waals surface area contributed by atoms with Gasteiger partial charge in [0.05, 0.1) is 12.8 Å². The van der Waals surface area contributed by atoms with Crippen molar-refractivity contribution in [2.45, 2.75) is 13.5 Å². The van der Waals surface area contributed by atoms with Crippen LogP contribution in [0, 0.1) is 0 Å². The summed E-state index contributed by atoms with van der Waals surface area (Å²) in [4.78, 5) is 6.44. The number of methoxy groups -OCH3 is 1. The van der Waals surface area contributed by atoms with E-state index in [1.807, 2.05) is 39.2 Å². The van der Waals surface area contributed by atoms with E-state index in [1.54, 1.807) is 7.11 Å². The number of nitrogens with zero attached hydrogens (tertiary/aromatic N) is 2. The van der Waals surface area contributed by atoms with Crippen molar-refractivity contribution in [3.05, 3.63) is 23.8 Å². The van der Waals surface area contributed by atoms with Crippen molar-refractivity contribution < 1.29 is 4.74 Å². The molecule has 7 heteroatoms. The Balaban J connectivity index is 0. The largest absolute Gasteiger partial charge is 0.496 e. The van der Waals surface area contributed by atoms with Gasteiger partial charge >= 0.3 is 0 Å². The van der Waals surface area contributed by atoms with E-state index in [2.05, 4.69) is 9.89 Å². The first-order valence-corrected chi connectivity index (χ1v) is 6.84. The zero-order valence-electron chi connectivity index (χ0n) is 12.3. The lowest BCUT2D eigenvalue weighted by Gasteiger charge is -2.13. The molecule has 0 spiro atoms. The Morgan fingerprint density at radius 2 is 2.00 bits per heavy atom. The van der Waals surface area contributed by atoms with E-state index in [-0.39, 0.29) is 24.8 Å². The summed E-state index contributed by atoms with van der Waals surface area (Å²) in [6.45, 7) is 2.89. The van der Waals surface area contributed by atoms with Crippen LogP contribution in [0.2, 0.25) is 0 Å². The zero-order chi connectivity index (χ0) is 13.5. The molecule has 0 saturated heterocycles. The molecule has 0 radical (unpaired) electrons. The second-order valence-corrected chi connectivity index (χ2v) is 5.40. The number of aliphatic imine (C=N–C) groups is 1. The van der Waals surface area contributed by atoms with E-state index in [9.17, 15) is 0 Å². The van der Waals surface area contributed by atoms with Crippen molar-refractivity contribution in [1.82, 2.24) is 4.90 Å². The normalized spacial score (nSPS) is 10.8. The maximum atomic E-state index is 5.79. The van der Waals surface area contributed by atoms with Crippen molar-refractivity contribution in [2.75, 3.05) is 27.0 Å². The number of rotatable bonds is 5. The van der Waals surface area contributed by atoms with Crippen LogP contribution in [-0.2, 0) is 6.54 Å². The van der Waals surface area contributed by atoms with Crippen molar-refractivity contribution >= 4 is 47.4 Å². The first kappa shape index (κ1) is 21.7. The topological polar surface area (TPSA) is 50.8 Å². The number of nitrogens with two attached hydrogens (primary N) is 1. The molecule has 116 valence electrons. The highest BCUT2D eigenvalue weighted by Crippen LogP contribution is 2.26. The molecule has 0 atom stereocenters. The molecule has 20 heavy (non-hydrogen) atoms. The van der Waals surface area contributed by atoms with Gasteiger partial charge in [0.2, 0.25) is 0 Å². The molecule has 0 saturated carbocycles. The molecule has 1 aromatic rings. The SMILES string of the molecule is CCSC(N)=Nc1ccc(CN(C)C)c(OC)c1.Cl.Cl. The highest BCUT2D eigenvalue weighted by molar-refractivity contribution is 8.13. The van der Waals surface area contributed by atoms with Crippen LogP contribution in [-0.4, -0.2) is 37.0 Å². The Morgan fingerprint density at radius 3 is 2.50 bits per heavy atom. The van der Waals surface area contributed by atoms with Gasteiger partial charge in [0, 0.05) is 18.2 Å². The second kappa shape index (κ2) is 11.1. The van der Waals surface area contributed by atoms with E-state index >= 15 is 0 Å². The molecule has 0 heterocycles. The standard InChI is InChI=1S/C13H21N3OS.2ClH/c1-5-18-13(14)15-11-7-6-10(9-16(2)3)12(8-11)17-4;;/h6-8H,5,9H2,1-4H3,(H2,14,15);2*1H. The summed E-state index contributed by atoms with van der Waals surface area (Å²) in [6.07, 6.45) is 0. The summed E-state index contributed by atoms with van der Waals surface area (Å²) < 4.78 is 5.38.